The highest BCUT2D eigenvalue weighted by Gasteiger charge is 2.36. The van der Waals surface area contributed by atoms with E-state index in [2.05, 4.69) is 4.74 Å². The maximum absolute atomic E-state index is 12.5. The van der Waals surface area contributed by atoms with Crippen LogP contribution in [0.5, 0.6) is 0 Å². The number of ether oxygens (including phenoxy) is 1. The number of hydrogen-bond donors (Lipinski definition) is 1. The summed E-state index contributed by atoms with van der Waals surface area (Å²) in [6.07, 6.45) is -8.37. The lowest BCUT2D eigenvalue weighted by Crippen LogP contribution is -2.25. The van der Waals surface area contributed by atoms with Gasteiger partial charge >= 0.3 is 12.1 Å². The first-order valence-electron chi connectivity index (χ1n) is 4.39. The molecular weight excluding hydrogens is 265 g/mol. The Bertz CT molecular complexity index is 520. The van der Waals surface area contributed by atoms with E-state index in [9.17, 15) is 31.5 Å². The van der Waals surface area contributed by atoms with Gasteiger partial charge in [-0.1, -0.05) is 0 Å². The van der Waals surface area contributed by atoms with Crippen LogP contribution in [0.4, 0.5) is 22.0 Å². The maximum atomic E-state index is 12.5. The number of rotatable bonds is 2. The molecule has 100 valence electrons. The van der Waals surface area contributed by atoms with Gasteiger partial charge in [-0.2, -0.15) is 13.2 Å². The van der Waals surface area contributed by atoms with Crippen LogP contribution >= 0.6 is 0 Å². The van der Waals surface area contributed by atoms with Gasteiger partial charge in [0.1, 0.15) is 5.56 Å². The highest BCUT2D eigenvalue weighted by atomic mass is 19.4. The van der Waals surface area contributed by atoms with Gasteiger partial charge in [-0.25, -0.2) is 13.6 Å². The van der Waals surface area contributed by atoms with Crippen LogP contribution in [0.25, 0.3) is 0 Å². The van der Waals surface area contributed by atoms with E-state index >= 15 is 0 Å². The Kier molecular flexibility index (Phi) is 3.73. The van der Waals surface area contributed by atoms with Gasteiger partial charge in [0.15, 0.2) is 0 Å². The molecule has 0 amide bonds. The fourth-order valence-corrected chi connectivity index (χ4v) is 1.21. The predicted octanol–water partition coefficient (Wildman–Crippen LogP) is 2.12. The van der Waals surface area contributed by atoms with Gasteiger partial charge in [-0.15, -0.1) is 0 Å². The van der Waals surface area contributed by atoms with Crippen molar-refractivity contribution in [1.29, 1.82) is 0 Å². The van der Waals surface area contributed by atoms with Crippen LogP contribution in [-0.4, -0.2) is 18.1 Å². The molecule has 0 saturated heterocycles. The van der Waals surface area contributed by atoms with Crippen molar-refractivity contribution in [1.82, 2.24) is 4.98 Å². The first-order valence-corrected chi connectivity index (χ1v) is 4.39. The Labute approximate surface area is 96.4 Å². The Morgan fingerprint density at radius 2 is 1.94 bits per heavy atom. The monoisotopic (exact) mass is 271 g/mol. The fourth-order valence-electron chi connectivity index (χ4n) is 1.21. The van der Waals surface area contributed by atoms with E-state index in [0.717, 1.165) is 7.11 Å². The van der Waals surface area contributed by atoms with Crippen molar-refractivity contribution in [3.8, 4) is 0 Å². The van der Waals surface area contributed by atoms with Gasteiger partial charge in [0.25, 0.3) is 12.0 Å². The quantitative estimate of drug-likeness (QED) is 0.662. The molecule has 0 fully saturated rings. The lowest BCUT2D eigenvalue weighted by Gasteiger charge is -2.11. The molecule has 1 aromatic heterocycles. The summed E-state index contributed by atoms with van der Waals surface area (Å²) >= 11 is 0. The minimum atomic E-state index is -5.06. The summed E-state index contributed by atoms with van der Waals surface area (Å²) in [5.41, 5.74) is -5.72. The van der Waals surface area contributed by atoms with E-state index in [-0.39, 0.29) is 6.07 Å². The molecule has 0 saturated carbocycles. The minimum absolute atomic E-state index is 0.0478. The van der Waals surface area contributed by atoms with Crippen LogP contribution in [0.3, 0.4) is 0 Å². The number of aromatic nitrogens is 1. The zero-order chi connectivity index (χ0) is 14.1. The number of methoxy groups -OCH3 is 1. The third-order valence-corrected chi connectivity index (χ3v) is 2.00. The second-order valence-corrected chi connectivity index (χ2v) is 3.13. The van der Waals surface area contributed by atoms with E-state index < -0.39 is 41.0 Å². The van der Waals surface area contributed by atoms with Crippen LogP contribution in [-0.2, 0) is 10.9 Å². The lowest BCUT2D eigenvalue weighted by atomic mass is 10.1. The zero-order valence-electron chi connectivity index (χ0n) is 8.77. The van der Waals surface area contributed by atoms with Crippen molar-refractivity contribution in [2.45, 2.75) is 12.6 Å². The largest absolute Gasteiger partial charge is 0.465 e. The molecule has 0 unspecified atom stereocenters. The highest BCUT2D eigenvalue weighted by Crippen LogP contribution is 2.29. The van der Waals surface area contributed by atoms with Crippen LogP contribution in [0.15, 0.2) is 10.9 Å². The summed E-state index contributed by atoms with van der Waals surface area (Å²) in [4.78, 5) is 23.4. The van der Waals surface area contributed by atoms with Gasteiger partial charge < -0.3 is 9.72 Å². The minimum Gasteiger partial charge on any atom is -0.465 e. The molecular formula is C9H6F5NO3. The first-order chi connectivity index (χ1) is 8.18. The summed E-state index contributed by atoms with van der Waals surface area (Å²) in [7, 11) is 0.815. The average Bonchev–Trinajstić information content (AvgIpc) is 2.25. The fraction of sp³-hybridized carbons (Fsp3) is 0.333. The number of hydrogen-bond acceptors (Lipinski definition) is 3. The predicted molar refractivity (Wildman–Crippen MR) is 48.4 cm³/mol. The Hall–Kier alpha value is -1.93. The van der Waals surface area contributed by atoms with E-state index in [4.69, 9.17) is 0 Å². The highest BCUT2D eigenvalue weighted by molar-refractivity contribution is 5.90. The molecule has 1 heterocycles. The van der Waals surface area contributed by atoms with Crippen molar-refractivity contribution in [3.05, 3.63) is 33.2 Å². The zero-order valence-corrected chi connectivity index (χ0v) is 8.77. The Balaban J connectivity index is 3.56. The molecule has 9 heteroatoms. The number of esters is 1. The molecule has 4 nitrogen and oxygen atoms in total. The van der Waals surface area contributed by atoms with E-state index in [1.54, 1.807) is 0 Å². The number of halogens is 5. The number of nitrogens with one attached hydrogen (secondary N) is 1. The smallest absolute Gasteiger partial charge is 0.421 e. The van der Waals surface area contributed by atoms with Gasteiger partial charge in [0.05, 0.1) is 18.4 Å². The molecule has 0 aliphatic rings. The summed E-state index contributed by atoms with van der Waals surface area (Å²) in [6.45, 7) is 0. The topological polar surface area (TPSA) is 59.2 Å². The van der Waals surface area contributed by atoms with Crippen LogP contribution in [0.2, 0.25) is 0 Å². The standard InChI is InChI=1S/C9H6F5NO3/c1-18-8(17)3-2-4(9(12,13)14)7(16)15-5(3)6(10)11/h2,6H,1H3,(H,15,16). The Morgan fingerprint density at radius 1 is 1.39 bits per heavy atom. The van der Waals surface area contributed by atoms with Crippen molar-refractivity contribution in [2.75, 3.05) is 7.11 Å². The maximum Gasteiger partial charge on any atom is 0.421 e. The van der Waals surface area contributed by atoms with Gasteiger partial charge in [-0.05, 0) is 6.07 Å². The molecule has 1 rings (SSSR count). The number of alkyl halides is 5. The average molecular weight is 271 g/mol. The van der Waals surface area contributed by atoms with Crippen LogP contribution in [0, 0.1) is 0 Å². The second kappa shape index (κ2) is 4.75. The van der Waals surface area contributed by atoms with Gasteiger partial charge in [-0.3, -0.25) is 4.79 Å². The SMILES string of the molecule is COC(=O)c1cc(C(F)(F)F)c(=O)[nH]c1C(F)F. The summed E-state index contributed by atoms with van der Waals surface area (Å²) < 4.78 is 66.1. The normalized spacial score (nSPS) is 11.7. The number of carbonyl (C=O) groups excluding carboxylic acids is 1. The van der Waals surface area contributed by atoms with Crippen molar-refractivity contribution in [2.24, 2.45) is 0 Å². The molecule has 0 bridgehead atoms. The number of H-pyrrole nitrogens is 1. The second-order valence-electron chi connectivity index (χ2n) is 3.13. The van der Waals surface area contributed by atoms with Crippen LogP contribution in [0.1, 0.15) is 28.0 Å². The molecule has 1 aromatic rings. The van der Waals surface area contributed by atoms with Crippen molar-refractivity contribution < 1.29 is 31.5 Å². The van der Waals surface area contributed by atoms with Crippen molar-refractivity contribution >= 4 is 5.97 Å². The number of aromatic amines is 1. The van der Waals surface area contributed by atoms with Gasteiger partial charge in [0.2, 0.25) is 0 Å². The first kappa shape index (κ1) is 14.1. The third-order valence-electron chi connectivity index (χ3n) is 2.00. The summed E-state index contributed by atoms with van der Waals surface area (Å²) in [5, 5.41) is 0. The number of carbonyl (C=O) groups is 1. The lowest BCUT2D eigenvalue weighted by molar-refractivity contribution is -0.138. The molecule has 0 aromatic carbocycles. The molecule has 0 radical (unpaired) electrons. The number of pyridine rings is 1. The van der Waals surface area contributed by atoms with Crippen molar-refractivity contribution in [3.63, 3.8) is 0 Å². The van der Waals surface area contributed by atoms with E-state index in [0.29, 0.717) is 0 Å². The molecule has 0 atom stereocenters. The van der Waals surface area contributed by atoms with E-state index in [1.807, 2.05) is 0 Å². The summed E-state index contributed by atoms with van der Waals surface area (Å²) in [5.74, 6) is -1.40. The summed E-state index contributed by atoms with van der Waals surface area (Å²) in [6, 6.07) is 0.0478. The van der Waals surface area contributed by atoms with E-state index in [1.165, 1.54) is 4.98 Å². The van der Waals surface area contributed by atoms with Gasteiger partial charge in [0, 0.05) is 0 Å². The molecule has 0 aliphatic heterocycles. The molecule has 1 N–H and O–H groups in total. The Morgan fingerprint density at radius 3 is 2.33 bits per heavy atom. The molecule has 0 aliphatic carbocycles. The third kappa shape index (κ3) is 2.66. The molecule has 0 spiro atoms. The van der Waals surface area contributed by atoms with Crippen LogP contribution < -0.4 is 5.56 Å². The molecule has 18 heavy (non-hydrogen) atoms.